The monoisotopic (exact) mass is 330 g/mol. The Balaban J connectivity index is 1.89. The predicted octanol–water partition coefficient (Wildman–Crippen LogP) is 4.22. The number of methoxy groups -OCH3 is 1. The Morgan fingerprint density at radius 2 is 1.92 bits per heavy atom. The maximum atomic E-state index is 14.1. The van der Waals surface area contributed by atoms with Gasteiger partial charge in [-0.2, -0.15) is 10.2 Å². The average molecular weight is 330 g/mol. The molecule has 3 nitrogen and oxygen atoms in total. The number of rotatable bonds is 3. The minimum Gasteiger partial charge on any atom is -0.384 e. The molecule has 0 amide bonds. The smallest absolute Gasteiger partial charge is 0.135 e. The van der Waals surface area contributed by atoms with Gasteiger partial charge in [-0.15, -0.1) is 0 Å². The van der Waals surface area contributed by atoms with Gasteiger partial charge in [-0.3, -0.25) is 0 Å². The standard InChI is InChI=1S/C19H20F2N2O/c1-18(2)12-7-8-19(18,10-24-3)17-11(12)9-15(22-23-17)16-13(20)5-4-6-14(16)21/h4-6,9,12H,7-8,10H2,1-3H3/t12-,19-/m0/s1. The molecule has 2 bridgehead atoms. The van der Waals surface area contributed by atoms with Gasteiger partial charge in [-0.05, 0) is 47.9 Å². The summed E-state index contributed by atoms with van der Waals surface area (Å²) in [5, 5.41) is 8.59. The van der Waals surface area contributed by atoms with Crippen molar-refractivity contribution in [2.45, 2.75) is 38.0 Å². The van der Waals surface area contributed by atoms with Crippen LogP contribution >= 0.6 is 0 Å². The molecule has 0 saturated heterocycles. The molecule has 0 aliphatic heterocycles. The molecule has 1 saturated carbocycles. The highest BCUT2D eigenvalue weighted by Gasteiger charge is 2.63. The zero-order chi connectivity index (χ0) is 17.1. The molecule has 0 spiro atoms. The maximum absolute atomic E-state index is 14.1. The fraction of sp³-hybridized carbons (Fsp3) is 0.474. The van der Waals surface area contributed by atoms with Crippen LogP contribution in [0.25, 0.3) is 11.3 Å². The van der Waals surface area contributed by atoms with Crippen LogP contribution in [-0.2, 0) is 10.2 Å². The molecule has 1 fully saturated rings. The first-order chi connectivity index (χ1) is 11.4. The molecule has 1 aromatic carbocycles. The Morgan fingerprint density at radius 1 is 1.21 bits per heavy atom. The second-order valence-corrected chi connectivity index (χ2v) is 7.46. The van der Waals surface area contributed by atoms with Crippen molar-refractivity contribution in [3.05, 3.63) is 47.2 Å². The molecule has 1 aromatic heterocycles. The maximum Gasteiger partial charge on any atom is 0.135 e. The number of fused-ring (bicyclic) bond motifs is 5. The van der Waals surface area contributed by atoms with Gasteiger partial charge in [0.15, 0.2) is 0 Å². The molecule has 2 aliphatic rings. The second kappa shape index (κ2) is 5.06. The highest BCUT2D eigenvalue weighted by atomic mass is 19.1. The van der Waals surface area contributed by atoms with Gasteiger partial charge >= 0.3 is 0 Å². The highest BCUT2D eigenvalue weighted by Crippen LogP contribution is 2.67. The first-order valence-electron chi connectivity index (χ1n) is 8.24. The average Bonchev–Trinajstić information content (AvgIpc) is 2.89. The van der Waals surface area contributed by atoms with E-state index in [9.17, 15) is 8.78 Å². The lowest BCUT2D eigenvalue weighted by atomic mass is 9.69. The molecule has 24 heavy (non-hydrogen) atoms. The van der Waals surface area contributed by atoms with Crippen LogP contribution in [0.4, 0.5) is 8.78 Å². The molecule has 4 rings (SSSR count). The molecule has 0 unspecified atom stereocenters. The molecule has 0 N–H and O–H groups in total. The topological polar surface area (TPSA) is 35.0 Å². The molecule has 2 atom stereocenters. The number of halogens is 2. The summed E-state index contributed by atoms with van der Waals surface area (Å²) in [5.74, 6) is -0.914. The van der Waals surface area contributed by atoms with Crippen molar-refractivity contribution < 1.29 is 13.5 Å². The van der Waals surface area contributed by atoms with Crippen molar-refractivity contribution in [2.24, 2.45) is 5.41 Å². The lowest BCUT2D eigenvalue weighted by Gasteiger charge is -2.37. The van der Waals surface area contributed by atoms with Gasteiger partial charge in [0.25, 0.3) is 0 Å². The largest absolute Gasteiger partial charge is 0.384 e. The van der Waals surface area contributed by atoms with Crippen molar-refractivity contribution in [3.63, 3.8) is 0 Å². The van der Waals surface area contributed by atoms with E-state index in [-0.39, 0.29) is 22.1 Å². The molecule has 1 heterocycles. The van der Waals surface area contributed by atoms with Crippen LogP contribution in [0, 0.1) is 17.0 Å². The van der Waals surface area contributed by atoms with Gasteiger partial charge in [0.05, 0.1) is 23.6 Å². The number of nitrogens with zero attached hydrogens (tertiary/aromatic N) is 2. The fourth-order valence-corrected chi connectivity index (χ4v) is 4.86. The Bertz CT molecular complexity index is 801. The molecule has 126 valence electrons. The van der Waals surface area contributed by atoms with E-state index in [0.29, 0.717) is 12.5 Å². The normalized spacial score (nSPS) is 26.6. The minimum absolute atomic E-state index is 0.00752. The molecule has 0 radical (unpaired) electrons. The molecule has 5 heteroatoms. The SMILES string of the molecule is COC[C@@]12CC[C@@H](c3cc(-c4c(F)cccc4F)nnc31)C2(C)C. The van der Waals surface area contributed by atoms with Crippen LogP contribution < -0.4 is 0 Å². The van der Waals surface area contributed by atoms with E-state index in [4.69, 9.17) is 4.74 Å². The van der Waals surface area contributed by atoms with E-state index in [1.807, 2.05) is 6.07 Å². The van der Waals surface area contributed by atoms with E-state index in [1.165, 1.54) is 18.2 Å². The summed E-state index contributed by atoms with van der Waals surface area (Å²) in [6, 6.07) is 5.67. The quantitative estimate of drug-likeness (QED) is 0.845. The number of hydrogen-bond donors (Lipinski definition) is 0. The van der Waals surface area contributed by atoms with E-state index < -0.39 is 11.6 Å². The lowest BCUT2D eigenvalue weighted by molar-refractivity contribution is 0.0714. The van der Waals surface area contributed by atoms with Crippen LogP contribution in [0.5, 0.6) is 0 Å². The third kappa shape index (κ3) is 1.79. The van der Waals surface area contributed by atoms with Gasteiger partial charge in [-0.25, -0.2) is 8.78 Å². The van der Waals surface area contributed by atoms with E-state index in [0.717, 1.165) is 24.1 Å². The van der Waals surface area contributed by atoms with Gasteiger partial charge in [0, 0.05) is 12.5 Å². The van der Waals surface area contributed by atoms with Gasteiger partial charge in [0.2, 0.25) is 0 Å². The Kier molecular flexibility index (Phi) is 3.29. The number of benzene rings is 1. The van der Waals surface area contributed by atoms with E-state index in [2.05, 4.69) is 24.0 Å². The lowest BCUT2D eigenvalue weighted by Crippen LogP contribution is -2.39. The van der Waals surface area contributed by atoms with Crippen LogP contribution in [-0.4, -0.2) is 23.9 Å². The van der Waals surface area contributed by atoms with E-state index in [1.54, 1.807) is 7.11 Å². The van der Waals surface area contributed by atoms with Crippen molar-refractivity contribution in [1.82, 2.24) is 10.2 Å². The Hall–Kier alpha value is -1.88. The van der Waals surface area contributed by atoms with Gasteiger partial charge in [-0.1, -0.05) is 19.9 Å². The molecule has 2 aromatic rings. The summed E-state index contributed by atoms with van der Waals surface area (Å²) in [4.78, 5) is 0. The molecular formula is C19H20F2N2O. The van der Waals surface area contributed by atoms with Crippen LogP contribution in [0.1, 0.15) is 43.9 Å². The van der Waals surface area contributed by atoms with E-state index >= 15 is 0 Å². The van der Waals surface area contributed by atoms with Crippen molar-refractivity contribution in [2.75, 3.05) is 13.7 Å². The zero-order valence-electron chi connectivity index (χ0n) is 14.1. The van der Waals surface area contributed by atoms with Crippen LogP contribution in [0.2, 0.25) is 0 Å². The number of aromatic nitrogens is 2. The molecular weight excluding hydrogens is 310 g/mol. The summed E-state index contributed by atoms with van der Waals surface area (Å²) < 4.78 is 33.7. The minimum atomic E-state index is -0.613. The Morgan fingerprint density at radius 3 is 2.58 bits per heavy atom. The highest BCUT2D eigenvalue weighted by molar-refractivity contribution is 5.63. The first-order valence-corrected chi connectivity index (χ1v) is 8.24. The summed E-state index contributed by atoms with van der Waals surface area (Å²) in [6.07, 6.45) is 2.04. The van der Waals surface area contributed by atoms with Crippen molar-refractivity contribution in [1.29, 1.82) is 0 Å². The predicted molar refractivity (Wildman–Crippen MR) is 86.7 cm³/mol. The van der Waals surface area contributed by atoms with Crippen LogP contribution in [0.15, 0.2) is 24.3 Å². The van der Waals surface area contributed by atoms with Crippen molar-refractivity contribution >= 4 is 0 Å². The summed E-state index contributed by atoms with van der Waals surface area (Å²) >= 11 is 0. The van der Waals surface area contributed by atoms with Crippen LogP contribution in [0.3, 0.4) is 0 Å². The second-order valence-electron chi connectivity index (χ2n) is 7.46. The number of ether oxygens (including phenoxy) is 1. The van der Waals surface area contributed by atoms with Gasteiger partial charge in [0.1, 0.15) is 11.6 Å². The molecule has 2 aliphatic carbocycles. The third-order valence-corrected chi connectivity index (χ3v) is 6.23. The van der Waals surface area contributed by atoms with Crippen molar-refractivity contribution in [3.8, 4) is 11.3 Å². The number of hydrogen-bond acceptors (Lipinski definition) is 3. The zero-order valence-corrected chi connectivity index (χ0v) is 14.1. The first kappa shape index (κ1) is 15.6. The summed E-state index contributed by atoms with van der Waals surface area (Å²) in [5.41, 5.74) is 1.99. The summed E-state index contributed by atoms with van der Waals surface area (Å²) in [6.45, 7) is 5.05. The third-order valence-electron chi connectivity index (χ3n) is 6.23. The van der Waals surface area contributed by atoms with Gasteiger partial charge < -0.3 is 4.74 Å². The summed E-state index contributed by atoms with van der Waals surface area (Å²) in [7, 11) is 1.70. The Labute approximate surface area is 140 Å². The fourth-order valence-electron chi connectivity index (χ4n) is 4.86.